The van der Waals surface area contributed by atoms with Crippen molar-refractivity contribution in [3.63, 3.8) is 0 Å². The van der Waals surface area contributed by atoms with Crippen molar-refractivity contribution in [3.05, 3.63) is 18.6 Å². The van der Waals surface area contributed by atoms with E-state index in [4.69, 9.17) is 4.74 Å². The lowest BCUT2D eigenvalue weighted by Crippen LogP contribution is -2.16. The lowest BCUT2D eigenvalue weighted by atomic mass is 10.2. The molecule has 0 aliphatic carbocycles. The molecule has 82 valence electrons. The van der Waals surface area contributed by atoms with Crippen LogP contribution in [0.2, 0.25) is 0 Å². The molecule has 0 bridgehead atoms. The second-order valence-electron chi connectivity index (χ2n) is 3.01. The molecule has 0 aromatic carbocycles. The summed E-state index contributed by atoms with van der Waals surface area (Å²) in [5.74, 6) is 0.416. The van der Waals surface area contributed by atoms with Crippen molar-refractivity contribution in [1.82, 2.24) is 9.97 Å². The maximum absolute atomic E-state index is 11.3. The normalized spacial score (nSPS) is 12.1. The highest BCUT2D eigenvalue weighted by atomic mass is 32.2. The molecule has 1 rings (SSSR count). The highest BCUT2D eigenvalue weighted by Gasteiger charge is 2.14. The Labute approximate surface area is 93.5 Å². The third-order valence-electron chi connectivity index (χ3n) is 1.73. The van der Waals surface area contributed by atoms with Crippen molar-refractivity contribution in [3.8, 4) is 0 Å². The van der Waals surface area contributed by atoms with Crippen molar-refractivity contribution < 1.29 is 9.53 Å². The van der Waals surface area contributed by atoms with Gasteiger partial charge < -0.3 is 4.74 Å². The van der Waals surface area contributed by atoms with Crippen LogP contribution >= 0.6 is 11.8 Å². The van der Waals surface area contributed by atoms with Crippen LogP contribution in [-0.2, 0) is 9.53 Å². The first-order valence-corrected chi connectivity index (χ1v) is 5.78. The van der Waals surface area contributed by atoms with Crippen LogP contribution in [0.4, 0.5) is 0 Å². The summed E-state index contributed by atoms with van der Waals surface area (Å²) in [6.45, 7) is 4.09. The fourth-order valence-corrected chi connectivity index (χ4v) is 1.76. The van der Waals surface area contributed by atoms with Crippen molar-refractivity contribution in [2.75, 3.05) is 12.4 Å². The summed E-state index contributed by atoms with van der Waals surface area (Å²) in [6.07, 6.45) is 3.18. The van der Waals surface area contributed by atoms with Gasteiger partial charge in [-0.1, -0.05) is 6.92 Å². The first-order chi connectivity index (χ1) is 7.24. The van der Waals surface area contributed by atoms with E-state index < -0.39 is 0 Å². The van der Waals surface area contributed by atoms with Gasteiger partial charge in [0.05, 0.1) is 17.6 Å². The molecule has 0 saturated carbocycles. The Morgan fingerprint density at radius 1 is 1.67 bits per heavy atom. The second kappa shape index (κ2) is 6.40. The molecule has 15 heavy (non-hydrogen) atoms. The summed E-state index contributed by atoms with van der Waals surface area (Å²) in [7, 11) is 0. The minimum Gasteiger partial charge on any atom is -0.466 e. The summed E-state index contributed by atoms with van der Waals surface area (Å²) < 4.78 is 4.91. The summed E-state index contributed by atoms with van der Waals surface area (Å²) in [6, 6.07) is 1.82. The van der Waals surface area contributed by atoms with Gasteiger partial charge in [-0.15, -0.1) is 11.8 Å². The molecule has 1 heterocycles. The average molecular weight is 226 g/mol. The van der Waals surface area contributed by atoms with E-state index in [9.17, 15) is 4.79 Å². The van der Waals surface area contributed by atoms with Crippen molar-refractivity contribution >= 4 is 17.7 Å². The van der Waals surface area contributed by atoms with Gasteiger partial charge in [-0.2, -0.15) is 0 Å². The van der Waals surface area contributed by atoms with Crippen LogP contribution in [0.5, 0.6) is 0 Å². The molecule has 0 saturated heterocycles. The monoisotopic (exact) mass is 226 g/mol. The van der Waals surface area contributed by atoms with E-state index in [1.807, 2.05) is 19.9 Å². The summed E-state index contributed by atoms with van der Waals surface area (Å²) in [4.78, 5) is 19.2. The van der Waals surface area contributed by atoms with Crippen LogP contribution in [0, 0.1) is 5.92 Å². The molecule has 5 heteroatoms. The van der Waals surface area contributed by atoms with E-state index >= 15 is 0 Å². The molecule has 1 unspecified atom stereocenters. The number of carbonyl (C=O) groups excluding carboxylic acids is 1. The molecule has 1 aromatic heterocycles. The molecule has 0 aliphatic heterocycles. The van der Waals surface area contributed by atoms with Crippen LogP contribution in [-0.4, -0.2) is 28.3 Å². The molecule has 1 aromatic rings. The SMILES string of the molecule is CCOC(=O)C(C)CSc1ccncn1. The van der Waals surface area contributed by atoms with Gasteiger partial charge in [0, 0.05) is 11.9 Å². The van der Waals surface area contributed by atoms with Crippen molar-refractivity contribution in [2.45, 2.75) is 18.9 Å². The number of esters is 1. The predicted molar refractivity (Wildman–Crippen MR) is 58.6 cm³/mol. The minimum absolute atomic E-state index is 0.107. The third-order valence-corrected chi connectivity index (χ3v) is 2.93. The van der Waals surface area contributed by atoms with Crippen molar-refractivity contribution in [2.24, 2.45) is 5.92 Å². The molecule has 0 N–H and O–H groups in total. The molecule has 0 aliphatic rings. The molecular weight excluding hydrogens is 212 g/mol. The summed E-state index contributed by atoms with van der Waals surface area (Å²) in [5.41, 5.74) is 0. The predicted octanol–water partition coefficient (Wildman–Crippen LogP) is 1.77. The van der Waals surface area contributed by atoms with Crippen LogP contribution in [0.15, 0.2) is 23.6 Å². The Morgan fingerprint density at radius 2 is 2.47 bits per heavy atom. The lowest BCUT2D eigenvalue weighted by Gasteiger charge is -2.08. The van der Waals surface area contributed by atoms with E-state index in [-0.39, 0.29) is 11.9 Å². The maximum atomic E-state index is 11.3. The topological polar surface area (TPSA) is 52.1 Å². The molecule has 0 spiro atoms. The number of carbonyl (C=O) groups is 1. The van der Waals surface area contributed by atoms with Gasteiger partial charge in [0.25, 0.3) is 0 Å². The van der Waals surface area contributed by atoms with Gasteiger partial charge in [0.1, 0.15) is 6.33 Å². The number of ether oxygens (including phenoxy) is 1. The van der Waals surface area contributed by atoms with Gasteiger partial charge >= 0.3 is 5.97 Å². The highest BCUT2D eigenvalue weighted by Crippen LogP contribution is 2.17. The number of nitrogens with zero attached hydrogens (tertiary/aromatic N) is 2. The Hall–Kier alpha value is -1.10. The van der Waals surface area contributed by atoms with E-state index in [2.05, 4.69) is 9.97 Å². The van der Waals surface area contributed by atoms with Crippen LogP contribution < -0.4 is 0 Å². The Bertz CT molecular complexity index is 306. The zero-order chi connectivity index (χ0) is 11.1. The molecular formula is C10H14N2O2S. The van der Waals surface area contributed by atoms with Crippen LogP contribution in [0.25, 0.3) is 0 Å². The number of hydrogen-bond acceptors (Lipinski definition) is 5. The van der Waals surface area contributed by atoms with Gasteiger partial charge in [-0.3, -0.25) is 4.79 Å². The smallest absolute Gasteiger partial charge is 0.309 e. The first-order valence-electron chi connectivity index (χ1n) is 4.79. The third kappa shape index (κ3) is 4.29. The zero-order valence-corrected chi connectivity index (χ0v) is 9.66. The molecule has 1 atom stereocenters. The second-order valence-corrected chi connectivity index (χ2v) is 4.05. The fraction of sp³-hybridized carbons (Fsp3) is 0.500. The molecule has 0 radical (unpaired) electrons. The zero-order valence-electron chi connectivity index (χ0n) is 8.84. The highest BCUT2D eigenvalue weighted by molar-refractivity contribution is 7.99. The minimum atomic E-state index is -0.154. The quantitative estimate of drug-likeness (QED) is 0.435. The maximum Gasteiger partial charge on any atom is 0.309 e. The fourth-order valence-electron chi connectivity index (χ4n) is 0.927. The number of rotatable bonds is 5. The average Bonchev–Trinajstić information content (AvgIpc) is 2.27. The standard InChI is InChI=1S/C10H14N2O2S/c1-3-14-10(13)8(2)6-15-9-4-5-11-7-12-9/h4-5,7-8H,3,6H2,1-2H3. The molecule has 0 amide bonds. The van der Waals surface area contributed by atoms with Gasteiger partial charge in [-0.25, -0.2) is 9.97 Å². The van der Waals surface area contributed by atoms with Crippen molar-refractivity contribution in [1.29, 1.82) is 0 Å². The Morgan fingerprint density at radius 3 is 3.07 bits per heavy atom. The number of thioether (sulfide) groups is 1. The number of aromatic nitrogens is 2. The van der Waals surface area contributed by atoms with Crippen LogP contribution in [0.1, 0.15) is 13.8 Å². The van der Waals surface area contributed by atoms with E-state index in [1.54, 1.807) is 6.20 Å². The summed E-state index contributed by atoms with van der Waals surface area (Å²) in [5, 5.41) is 0.876. The van der Waals surface area contributed by atoms with E-state index in [0.717, 1.165) is 5.03 Å². The Kier molecular flexibility index (Phi) is 5.10. The molecule has 0 fully saturated rings. The molecule has 4 nitrogen and oxygen atoms in total. The van der Waals surface area contributed by atoms with Gasteiger partial charge in [0.2, 0.25) is 0 Å². The summed E-state index contributed by atoms with van der Waals surface area (Å²) >= 11 is 1.53. The van der Waals surface area contributed by atoms with Gasteiger partial charge in [-0.05, 0) is 13.0 Å². The number of hydrogen-bond donors (Lipinski definition) is 0. The first kappa shape index (κ1) is 12.0. The van der Waals surface area contributed by atoms with Crippen LogP contribution in [0.3, 0.4) is 0 Å². The van der Waals surface area contributed by atoms with E-state index in [1.165, 1.54) is 18.1 Å². The Balaban J connectivity index is 2.34. The largest absolute Gasteiger partial charge is 0.466 e. The van der Waals surface area contributed by atoms with Gasteiger partial charge in [0.15, 0.2) is 0 Å². The lowest BCUT2D eigenvalue weighted by molar-refractivity contribution is -0.146. The van der Waals surface area contributed by atoms with E-state index in [0.29, 0.717) is 12.4 Å².